The molecule has 0 saturated carbocycles. The number of benzene rings is 2. The number of rotatable bonds is 6. The molecule has 0 aliphatic carbocycles. The monoisotopic (exact) mass is 409 g/mol. The Morgan fingerprint density at radius 2 is 1.78 bits per heavy atom. The van der Waals surface area contributed by atoms with Crippen LogP contribution in [0, 0.1) is 0 Å². The minimum Gasteiger partial charge on any atom is -0.490 e. The molecule has 144 valence electrons. The molecule has 0 radical (unpaired) electrons. The lowest BCUT2D eigenvalue weighted by molar-refractivity contribution is 0.0689. The van der Waals surface area contributed by atoms with E-state index in [1.807, 2.05) is 17.0 Å². The topological polar surface area (TPSA) is 87.1 Å². The van der Waals surface area contributed by atoms with Crippen LogP contribution in [-0.4, -0.2) is 43.9 Å². The normalized spacial score (nSPS) is 18.0. The molecule has 8 heteroatoms. The quantitative estimate of drug-likeness (QED) is 0.705. The van der Waals surface area contributed by atoms with Crippen molar-refractivity contribution in [1.82, 2.24) is 4.90 Å². The van der Waals surface area contributed by atoms with Gasteiger partial charge in [0.1, 0.15) is 17.2 Å². The van der Waals surface area contributed by atoms with Crippen LogP contribution in [0.1, 0.15) is 34.1 Å². The van der Waals surface area contributed by atoms with Crippen molar-refractivity contribution in [3.05, 3.63) is 64.7 Å². The Hall–Kier alpha value is -1.93. The fourth-order valence-corrected chi connectivity index (χ4v) is 4.29. The van der Waals surface area contributed by atoms with Crippen molar-refractivity contribution in [2.45, 2.75) is 24.3 Å². The van der Waals surface area contributed by atoms with Crippen molar-refractivity contribution >= 4 is 28.7 Å². The van der Waals surface area contributed by atoms with E-state index in [9.17, 15) is 18.7 Å². The summed E-state index contributed by atoms with van der Waals surface area (Å²) in [7, 11) is 0. The highest BCUT2D eigenvalue weighted by Crippen LogP contribution is 2.30. The Kier molecular flexibility index (Phi) is 6.49. The summed E-state index contributed by atoms with van der Waals surface area (Å²) < 4.78 is 27.8. The van der Waals surface area contributed by atoms with E-state index < -0.39 is 22.4 Å². The van der Waals surface area contributed by atoms with Gasteiger partial charge in [0.2, 0.25) is 0 Å². The highest BCUT2D eigenvalue weighted by Gasteiger charge is 2.32. The molecule has 2 aromatic rings. The van der Waals surface area contributed by atoms with Gasteiger partial charge in [0.05, 0.1) is 5.56 Å². The van der Waals surface area contributed by atoms with E-state index >= 15 is 0 Å². The van der Waals surface area contributed by atoms with Crippen molar-refractivity contribution in [3.63, 3.8) is 0 Å². The highest BCUT2D eigenvalue weighted by molar-refractivity contribution is 7.79. The van der Waals surface area contributed by atoms with Crippen LogP contribution in [0.3, 0.4) is 0 Å². The molecule has 2 N–H and O–H groups in total. The first-order valence-corrected chi connectivity index (χ1v) is 10.1. The number of aromatic carboxylic acids is 1. The van der Waals surface area contributed by atoms with Crippen molar-refractivity contribution in [2.75, 3.05) is 13.1 Å². The smallest absolute Gasteiger partial charge is 0.336 e. The minimum absolute atomic E-state index is 0.00933. The molecular formula is C19H20ClNO5S. The molecule has 1 fully saturated rings. The number of ether oxygens (including phenoxy) is 1. The second-order valence-corrected chi connectivity index (χ2v) is 7.76. The van der Waals surface area contributed by atoms with Gasteiger partial charge in [-0.25, -0.2) is 9.00 Å². The van der Waals surface area contributed by atoms with Gasteiger partial charge in [0.15, 0.2) is 11.1 Å². The standard InChI is InChI=1S/C19H20ClNO5S/c20-13-5-7-14(8-6-13)26-15-9-11-21(12-10-15)18(27(24)25)16-3-1-2-4-17(16)19(22)23/h1-8,15,18H,9-12H2,(H,22,23)(H,24,25). The average Bonchev–Trinajstić information content (AvgIpc) is 2.65. The molecule has 2 atom stereocenters. The maximum Gasteiger partial charge on any atom is 0.336 e. The summed E-state index contributed by atoms with van der Waals surface area (Å²) in [4.78, 5) is 13.3. The van der Waals surface area contributed by atoms with Crippen LogP contribution < -0.4 is 4.74 Å². The fraction of sp³-hybridized carbons (Fsp3) is 0.316. The van der Waals surface area contributed by atoms with Crippen LogP contribution in [0.15, 0.2) is 48.5 Å². The zero-order valence-corrected chi connectivity index (χ0v) is 16.0. The van der Waals surface area contributed by atoms with Crippen LogP contribution in [0.25, 0.3) is 0 Å². The van der Waals surface area contributed by atoms with E-state index in [-0.39, 0.29) is 11.7 Å². The molecule has 1 aliphatic rings. The summed E-state index contributed by atoms with van der Waals surface area (Å²) in [6.45, 7) is 1.06. The first-order valence-electron chi connectivity index (χ1n) is 8.54. The number of hydrogen-bond donors (Lipinski definition) is 2. The first-order chi connectivity index (χ1) is 13.0. The molecule has 1 aliphatic heterocycles. The summed E-state index contributed by atoms with van der Waals surface area (Å²) in [5.74, 6) is -0.377. The summed E-state index contributed by atoms with van der Waals surface area (Å²) in [5.41, 5.74) is 0.396. The van der Waals surface area contributed by atoms with Crippen LogP contribution >= 0.6 is 11.6 Å². The Labute approximate surface area is 165 Å². The number of hydrogen-bond acceptors (Lipinski definition) is 4. The van der Waals surface area contributed by atoms with Crippen LogP contribution in [-0.2, 0) is 11.1 Å². The van der Waals surface area contributed by atoms with Gasteiger partial charge in [-0.2, -0.15) is 0 Å². The zero-order valence-electron chi connectivity index (χ0n) is 14.5. The predicted molar refractivity (Wildman–Crippen MR) is 104 cm³/mol. The van der Waals surface area contributed by atoms with Crippen LogP contribution in [0.5, 0.6) is 5.75 Å². The van der Waals surface area contributed by atoms with E-state index in [1.54, 1.807) is 30.3 Å². The molecule has 2 aromatic carbocycles. The maximum absolute atomic E-state index is 12.0. The second-order valence-electron chi connectivity index (χ2n) is 6.33. The highest BCUT2D eigenvalue weighted by atomic mass is 35.5. The third-order valence-electron chi connectivity index (χ3n) is 4.57. The molecule has 0 aromatic heterocycles. The number of carboxylic acid groups (broad SMARTS) is 1. The minimum atomic E-state index is -2.22. The fourth-order valence-electron chi connectivity index (χ4n) is 3.27. The van der Waals surface area contributed by atoms with Crippen molar-refractivity contribution in [1.29, 1.82) is 0 Å². The molecule has 1 saturated heterocycles. The number of carbonyl (C=O) groups is 1. The Bertz CT molecular complexity index is 821. The SMILES string of the molecule is O=C(O)c1ccccc1C(N1CCC(Oc2ccc(Cl)cc2)CC1)S(=O)O. The molecule has 0 bridgehead atoms. The summed E-state index contributed by atoms with van der Waals surface area (Å²) in [6, 6.07) is 13.5. The molecule has 1 heterocycles. The third-order valence-corrected chi connectivity index (χ3v) is 5.76. The maximum atomic E-state index is 12.0. The van der Waals surface area contributed by atoms with Crippen molar-refractivity contribution < 1.29 is 23.4 Å². The van der Waals surface area contributed by atoms with Gasteiger partial charge in [-0.3, -0.25) is 4.90 Å². The summed E-state index contributed by atoms with van der Waals surface area (Å²) >= 11 is 3.65. The Balaban J connectivity index is 1.70. The van der Waals surface area contributed by atoms with Gasteiger partial charge in [-0.15, -0.1) is 0 Å². The van der Waals surface area contributed by atoms with Gasteiger partial charge >= 0.3 is 5.97 Å². The molecule has 0 spiro atoms. The first kappa shape index (κ1) is 19.8. The molecule has 3 rings (SSSR count). The average molecular weight is 410 g/mol. The second kappa shape index (κ2) is 8.84. The Morgan fingerprint density at radius 3 is 2.37 bits per heavy atom. The number of likely N-dealkylation sites (tertiary alicyclic amines) is 1. The lowest BCUT2D eigenvalue weighted by Gasteiger charge is -2.36. The largest absolute Gasteiger partial charge is 0.490 e. The van der Waals surface area contributed by atoms with E-state index in [0.717, 1.165) is 5.75 Å². The van der Waals surface area contributed by atoms with Gasteiger partial charge in [-0.1, -0.05) is 29.8 Å². The van der Waals surface area contributed by atoms with Gasteiger partial charge in [0, 0.05) is 18.1 Å². The molecule has 2 unspecified atom stereocenters. The van der Waals surface area contributed by atoms with E-state index in [1.165, 1.54) is 6.07 Å². The summed E-state index contributed by atoms with van der Waals surface area (Å²) in [6.07, 6.45) is 1.34. The van der Waals surface area contributed by atoms with E-state index in [2.05, 4.69) is 0 Å². The number of piperidine rings is 1. The van der Waals surface area contributed by atoms with Crippen molar-refractivity contribution in [2.24, 2.45) is 0 Å². The van der Waals surface area contributed by atoms with Crippen LogP contribution in [0.4, 0.5) is 0 Å². The molecule has 0 amide bonds. The number of halogens is 1. The molecule has 6 nitrogen and oxygen atoms in total. The Morgan fingerprint density at radius 1 is 1.15 bits per heavy atom. The molecule has 27 heavy (non-hydrogen) atoms. The predicted octanol–water partition coefficient (Wildman–Crippen LogP) is 3.80. The number of carboxylic acids is 1. The van der Waals surface area contributed by atoms with E-state index in [0.29, 0.717) is 36.5 Å². The third kappa shape index (κ3) is 4.87. The lowest BCUT2D eigenvalue weighted by atomic mass is 10.0. The number of nitrogens with zero attached hydrogens (tertiary/aromatic N) is 1. The van der Waals surface area contributed by atoms with Crippen molar-refractivity contribution in [3.8, 4) is 5.75 Å². The summed E-state index contributed by atoms with van der Waals surface area (Å²) in [5, 5.41) is 9.15. The van der Waals surface area contributed by atoms with Gasteiger partial charge in [0.25, 0.3) is 0 Å². The van der Waals surface area contributed by atoms with Gasteiger partial charge < -0.3 is 14.4 Å². The van der Waals surface area contributed by atoms with Crippen LogP contribution in [0.2, 0.25) is 5.02 Å². The lowest BCUT2D eigenvalue weighted by Crippen LogP contribution is -2.42. The van der Waals surface area contributed by atoms with E-state index in [4.69, 9.17) is 16.3 Å². The zero-order chi connectivity index (χ0) is 19.4. The van der Waals surface area contributed by atoms with Gasteiger partial charge in [-0.05, 0) is 48.7 Å². The molecular weight excluding hydrogens is 390 g/mol.